The molecular formula is C19H22FN3O9. The second-order valence-electron chi connectivity index (χ2n) is 6.72. The van der Waals surface area contributed by atoms with E-state index in [1.54, 1.807) is 0 Å². The highest BCUT2D eigenvalue weighted by atomic mass is 19.1. The van der Waals surface area contributed by atoms with Crippen LogP contribution in [0.2, 0.25) is 0 Å². The Morgan fingerprint density at radius 3 is 2.31 bits per heavy atom. The van der Waals surface area contributed by atoms with Crippen molar-refractivity contribution >= 4 is 11.7 Å². The first-order chi connectivity index (χ1) is 15.2. The first-order valence-electron chi connectivity index (χ1n) is 9.28. The molecule has 0 spiro atoms. The molecule has 1 aromatic heterocycles. The van der Waals surface area contributed by atoms with E-state index in [1.165, 1.54) is 33.5 Å². The summed E-state index contributed by atoms with van der Waals surface area (Å²) in [5, 5.41) is 31.2. The van der Waals surface area contributed by atoms with Crippen molar-refractivity contribution in [3.8, 4) is 17.2 Å². The number of aliphatic hydroxyl groups is 3. The van der Waals surface area contributed by atoms with Crippen molar-refractivity contribution in [2.75, 3.05) is 33.3 Å². The second kappa shape index (κ2) is 9.48. The molecule has 32 heavy (non-hydrogen) atoms. The molecule has 1 amide bonds. The number of carbonyl (C=O) groups is 1. The van der Waals surface area contributed by atoms with Gasteiger partial charge in [0.1, 0.15) is 18.3 Å². The number of nitrogens with zero attached hydrogens (tertiary/aromatic N) is 2. The van der Waals surface area contributed by atoms with E-state index in [2.05, 4.69) is 10.3 Å². The van der Waals surface area contributed by atoms with Crippen molar-refractivity contribution in [3.05, 3.63) is 40.2 Å². The molecule has 4 atom stereocenters. The second-order valence-corrected chi connectivity index (χ2v) is 6.72. The topological polar surface area (TPSA) is 162 Å². The molecule has 12 nitrogen and oxygen atoms in total. The number of anilines is 1. The summed E-state index contributed by atoms with van der Waals surface area (Å²) in [7, 11) is 4.11. The zero-order valence-electron chi connectivity index (χ0n) is 17.3. The lowest BCUT2D eigenvalue weighted by atomic mass is 10.1. The Balaban J connectivity index is 1.89. The number of aliphatic hydroxyl groups excluding tert-OH is 3. The maximum atomic E-state index is 14.6. The number of rotatable bonds is 7. The molecule has 174 valence electrons. The van der Waals surface area contributed by atoms with Gasteiger partial charge in [0.25, 0.3) is 5.91 Å². The molecule has 13 heteroatoms. The standard InChI is InChI=1S/C19H22FN3O9/c1-29-10-4-8(5-11(30-2)15(10)31-3)17(27)21-16-9(20)6-23(19(28)22-16)18-14(26)13(25)12(7-24)32-18/h4-6,12-14,18,24-26H,7H2,1-3H3,(H,21,22,27,28)/t12-,13-,14-,18-/m1/s1. The average Bonchev–Trinajstić information content (AvgIpc) is 3.08. The zero-order chi connectivity index (χ0) is 23.6. The monoisotopic (exact) mass is 455 g/mol. The van der Waals surface area contributed by atoms with Gasteiger partial charge in [0.05, 0.1) is 34.1 Å². The Bertz CT molecular complexity index is 1040. The first kappa shape index (κ1) is 23.4. The van der Waals surface area contributed by atoms with E-state index in [4.69, 9.17) is 24.1 Å². The summed E-state index contributed by atoms with van der Waals surface area (Å²) >= 11 is 0. The molecule has 2 aromatic rings. The number of hydrogen-bond acceptors (Lipinski definition) is 10. The van der Waals surface area contributed by atoms with Crippen LogP contribution >= 0.6 is 0 Å². The van der Waals surface area contributed by atoms with E-state index < -0.39 is 54.4 Å². The Labute approximate surface area is 180 Å². The van der Waals surface area contributed by atoms with Crippen LogP contribution in [0.15, 0.2) is 23.1 Å². The molecule has 0 radical (unpaired) electrons. The predicted octanol–water partition coefficient (Wildman–Crippen LogP) is -0.728. The van der Waals surface area contributed by atoms with Crippen molar-refractivity contribution in [2.24, 2.45) is 0 Å². The van der Waals surface area contributed by atoms with Gasteiger partial charge in [0, 0.05) is 5.56 Å². The Kier molecular flexibility index (Phi) is 6.93. The third kappa shape index (κ3) is 4.23. The van der Waals surface area contributed by atoms with Crippen molar-refractivity contribution in [3.63, 3.8) is 0 Å². The fraction of sp³-hybridized carbons (Fsp3) is 0.421. The van der Waals surface area contributed by atoms with Crippen LogP contribution < -0.4 is 25.2 Å². The maximum Gasteiger partial charge on any atom is 0.351 e. The Hall–Kier alpha value is -3.26. The van der Waals surface area contributed by atoms with Gasteiger partial charge in [-0.05, 0) is 12.1 Å². The highest BCUT2D eigenvalue weighted by Crippen LogP contribution is 2.38. The summed E-state index contributed by atoms with van der Waals surface area (Å²) in [6, 6.07) is 2.66. The number of ether oxygens (including phenoxy) is 4. The SMILES string of the molecule is COc1cc(C(=O)Nc2nc(=O)n([C@@H]3O[C@H](CO)[C@@H](O)[C@H]3O)cc2F)cc(OC)c1OC. The van der Waals surface area contributed by atoms with Crippen molar-refractivity contribution in [1.29, 1.82) is 0 Å². The molecule has 0 bridgehead atoms. The van der Waals surface area contributed by atoms with Gasteiger partial charge in [0.2, 0.25) is 5.75 Å². The number of methoxy groups -OCH3 is 3. The summed E-state index contributed by atoms with van der Waals surface area (Å²) in [6.45, 7) is -0.623. The van der Waals surface area contributed by atoms with Gasteiger partial charge in [-0.2, -0.15) is 4.98 Å². The number of hydrogen-bond donors (Lipinski definition) is 4. The molecule has 2 heterocycles. The van der Waals surface area contributed by atoms with Crippen LogP contribution in [0.25, 0.3) is 0 Å². The van der Waals surface area contributed by atoms with E-state index in [0.717, 1.165) is 0 Å². The summed E-state index contributed by atoms with van der Waals surface area (Å²) < 4.78 is 35.9. The number of amides is 1. The van der Waals surface area contributed by atoms with Crippen molar-refractivity contribution < 1.29 is 43.5 Å². The van der Waals surface area contributed by atoms with Gasteiger partial charge in [0.15, 0.2) is 29.4 Å². The van der Waals surface area contributed by atoms with Crippen LogP contribution in [-0.4, -0.2) is 77.0 Å². The number of halogens is 1. The number of aromatic nitrogens is 2. The van der Waals surface area contributed by atoms with Gasteiger partial charge in [-0.1, -0.05) is 0 Å². The molecule has 4 N–H and O–H groups in total. The smallest absolute Gasteiger partial charge is 0.351 e. The summed E-state index contributed by atoms with van der Waals surface area (Å²) in [4.78, 5) is 28.5. The van der Waals surface area contributed by atoms with Crippen LogP contribution in [0.4, 0.5) is 10.2 Å². The molecular weight excluding hydrogens is 433 g/mol. The van der Waals surface area contributed by atoms with Gasteiger partial charge in [-0.15, -0.1) is 0 Å². The van der Waals surface area contributed by atoms with Crippen LogP contribution in [0.5, 0.6) is 17.2 Å². The molecule has 1 aliphatic rings. The van der Waals surface area contributed by atoms with E-state index in [1.807, 2.05) is 0 Å². The van der Waals surface area contributed by atoms with Gasteiger partial charge in [-0.25, -0.2) is 9.18 Å². The number of benzene rings is 1. The molecule has 1 fully saturated rings. The zero-order valence-corrected chi connectivity index (χ0v) is 17.3. The molecule has 3 rings (SSSR count). The van der Waals surface area contributed by atoms with Crippen LogP contribution in [0.1, 0.15) is 16.6 Å². The molecule has 0 saturated carbocycles. The fourth-order valence-corrected chi connectivity index (χ4v) is 3.22. The van der Waals surface area contributed by atoms with Crippen LogP contribution in [0, 0.1) is 5.82 Å². The summed E-state index contributed by atoms with van der Waals surface area (Å²) in [5.74, 6) is -1.98. The third-order valence-corrected chi connectivity index (χ3v) is 4.86. The largest absolute Gasteiger partial charge is 0.493 e. The lowest BCUT2D eigenvalue weighted by molar-refractivity contribution is -0.0553. The highest BCUT2D eigenvalue weighted by Gasteiger charge is 2.44. The van der Waals surface area contributed by atoms with Crippen molar-refractivity contribution in [1.82, 2.24) is 9.55 Å². The van der Waals surface area contributed by atoms with Gasteiger partial charge < -0.3 is 39.6 Å². The lowest BCUT2D eigenvalue weighted by Crippen LogP contribution is -2.36. The van der Waals surface area contributed by atoms with E-state index >= 15 is 0 Å². The van der Waals surface area contributed by atoms with Crippen LogP contribution in [0.3, 0.4) is 0 Å². The number of carbonyl (C=O) groups excluding carboxylic acids is 1. The first-order valence-corrected chi connectivity index (χ1v) is 9.28. The van der Waals surface area contributed by atoms with E-state index in [0.29, 0.717) is 10.8 Å². The minimum Gasteiger partial charge on any atom is -0.493 e. The lowest BCUT2D eigenvalue weighted by Gasteiger charge is -2.18. The van der Waals surface area contributed by atoms with Crippen LogP contribution in [-0.2, 0) is 4.74 Å². The quantitative estimate of drug-likeness (QED) is 0.419. The molecule has 1 aliphatic heterocycles. The third-order valence-electron chi connectivity index (χ3n) is 4.86. The fourth-order valence-electron chi connectivity index (χ4n) is 3.22. The minimum atomic E-state index is -1.61. The average molecular weight is 455 g/mol. The summed E-state index contributed by atoms with van der Waals surface area (Å²) in [6.07, 6.45) is -5.06. The van der Waals surface area contributed by atoms with E-state index in [-0.39, 0.29) is 22.8 Å². The van der Waals surface area contributed by atoms with Gasteiger partial charge >= 0.3 is 5.69 Å². The molecule has 1 saturated heterocycles. The minimum absolute atomic E-state index is 0.00772. The molecule has 0 aliphatic carbocycles. The summed E-state index contributed by atoms with van der Waals surface area (Å²) in [5.41, 5.74) is -1.06. The predicted molar refractivity (Wildman–Crippen MR) is 106 cm³/mol. The normalized spacial score (nSPS) is 22.5. The highest BCUT2D eigenvalue weighted by molar-refractivity contribution is 6.04. The Morgan fingerprint density at radius 2 is 1.81 bits per heavy atom. The maximum absolute atomic E-state index is 14.6. The molecule has 1 aromatic carbocycles. The van der Waals surface area contributed by atoms with Gasteiger partial charge in [-0.3, -0.25) is 9.36 Å². The Morgan fingerprint density at radius 1 is 1.19 bits per heavy atom. The number of nitrogens with one attached hydrogen (secondary N) is 1. The molecule has 0 unspecified atom stereocenters. The van der Waals surface area contributed by atoms with E-state index in [9.17, 15) is 24.2 Å². The van der Waals surface area contributed by atoms with Crippen molar-refractivity contribution in [2.45, 2.75) is 24.5 Å².